The summed E-state index contributed by atoms with van der Waals surface area (Å²) < 4.78 is 0. The number of allylic oxidation sites excluding steroid dienone is 2. The van der Waals surface area contributed by atoms with E-state index in [4.69, 9.17) is 0 Å². The van der Waals surface area contributed by atoms with Crippen LogP contribution in [0.3, 0.4) is 0 Å². The Labute approximate surface area is 97.8 Å². The van der Waals surface area contributed by atoms with Crippen molar-refractivity contribution in [1.29, 1.82) is 0 Å². The lowest BCUT2D eigenvalue weighted by Crippen LogP contribution is -2.37. The van der Waals surface area contributed by atoms with E-state index in [0.717, 1.165) is 30.5 Å². The molecule has 0 bridgehead atoms. The van der Waals surface area contributed by atoms with Gasteiger partial charge in [-0.05, 0) is 54.9 Å². The number of nitrogens with one attached hydrogen (secondary N) is 1. The topological polar surface area (TPSA) is 29.1 Å². The normalized spacial score (nSPS) is 30.1. The minimum atomic E-state index is 0.0804. The summed E-state index contributed by atoms with van der Waals surface area (Å²) in [5.41, 5.74) is 3.10. The van der Waals surface area contributed by atoms with Crippen molar-refractivity contribution in [3.63, 3.8) is 0 Å². The Hall–Kier alpha value is -0.890. The summed E-state index contributed by atoms with van der Waals surface area (Å²) >= 11 is 0. The van der Waals surface area contributed by atoms with E-state index in [1.54, 1.807) is 0 Å². The molecule has 16 heavy (non-hydrogen) atoms. The molecule has 2 aliphatic rings. The zero-order valence-electron chi connectivity index (χ0n) is 10.5. The van der Waals surface area contributed by atoms with Gasteiger partial charge in [0, 0.05) is 6.04 Å². The zero-order valence-corrected chi connectivity index (χ0v) is 10.5. The maximum Gasteiger partial charge on any atom is 0.184 e. The average Bonchev–Trinajstić information content (AvgIpc) is 2.66. The molecule has 2 heteroatoms. The van der Waals surface area contributed by atoms with Crippen molar-refractivity contribution in [2.75, 3.05) is 6.54 Å². The minimum absolute atomic E-state index is 0.0804. The number of carbonyl (C=O) groups excluding carboxylic acids is 1. The molecule has 1 unspecified atom stereocenters. The highest BCUT2D eigenvalue weighted by molar-refractivity contribution is 6.09. The molecule has 88 valence electrons. The van der Waals surface area contributed by atoms with Crippen LogP contribution in [0.1, 0.15) is 40.0 Å². The minimum Gasteiger partial charge on any atom is -0.310 e. The third kappa shape index (κ3) is 1.75. The molecule has 0 spiro atoms. The molecule has 1 fully saturated rings. The third-order valence-electron chi connectivity index (χ3n) is 3.86. The second kappa shape index (κ2) is 3.85. The van der Waals surface area contributed by atoms with Crippen LogP contribution in [0.15, 0.2) is 23.3 Å². The summed E-state index contributed by atoms with van der Waals surface area (Å²) in [6.07, 6.45) is 3.18. The summed E-state index contributed by atoms with van der Waals surface area (Å²) in [7, 11) is 0. The van der Waals surface area contributed by atoms with Gasteiger partial charge < -0.3 is 5.32 Å². The van der Waals surface area contributed by atoms with Crippen molar-refractivity contribution in [1.82, 2.24) is 5.32 Å². The van der Waals surface area contributed by atoms with Gasteiger partial charge in [-0.1, -0.05) is 20.4 Å². The van der Waals surface area contributed by atoms with Gasteiger partial charge in [0.2, 0.25) is 0 Å². The molecular formula is C14H21NO. The van der Waals surface area contributed by atoms with Gasteiger partial charge in [-0.15, -0.1) is 0 Å². The van der Waals surface area contributed by atoms with Crippen LogP contribution in [0.5, 0.6) is 0 Å². The van der Waals surface area contributed by atoms with Crippen molar-refractivity contribution < 1.29 is 4.79 Å². The van der Waals surface area contributed by atoms with Crippen LogP contribution < -0.4 is 5.32 Å². The van der Waals surface area contributed by atoms with E-state index < -0.39 is 0 Å². The number of hydrogen-bond donors (Lipinski definition) is 1. The Morgan fingerprint density at radius 3 is 2.69 bits per heavy atom. The molecule has 0 saturated carbocycles. The standard InChI is InChI=1S/C14H21NO/c1-9-8-14(3,4)12(10(2)13(9)16)11-6-5-7-15-11/h11,15H,1,5-8H2,2-4H3. The van der Waals surface area contributed by atoms with Crippen LogP contribution in [0, 0.1) is 5.41 Å². The van der Waals surface area contributed by atoms with E-state index in [9.17, 15) is 4.79 Å². The van der Waals surface area contributed by atoms with Crippen molar-refractivity contribution in [3.8, 4) is 0 Å². The fourth-order valence-corrected chi connectivity index (χ4v) is 3.27. The molecule has 0 amide bonds. The molecule has 1 heterocycles. The Morgan fingerprint density at radius 2 is 2.12 bits per heavy atom. The summed E-state index contributed by atoms with van der Waals surface area (Å²) in [5.74, 6) is 0.169. The predicted octanol–water partition coefficient (Wildman–Crippen LogP) is 2.61. The van der Waals surface area contributed by atoms with E-state index in [1.165, 1.54) is 12.0 Å². The van der Waals surface area contributed by atoms with E-state index in [1.807, 2.05) is 6.92 Å². The monoisotopic (exact) mass is 219 g/mol. The van der Waals surface area contributed by atoms with Crippen molar-refractivity contribution in [2.24, 2.45) is 5.41 Å². The molecule has 0 radical (unpaired) electrons. The first-order valence-electron chi connectivity index (χ1n) is 6.10. The second-order valence-corrected chi connectivity index (χ2v) is 5.68. The molecular weight excluding hydrogens is 198 g/mol. The van der Waals surface area contributed by atoms with Crippen molar-refractivity contribution in [3.05, 3.63) is 23.3 Å². The van der Waals surface area contributed by atoms with Gasteiger partial charge in [-0.25, -0.2) is 0 Å². The first-order chi connectivity index (χ1) is 7.43. The molecule has 0 aromatic rings. The van der Waals surface area contributed by atoms with Gasteiger partial charge in [0.15, 0.2) is 5.78 Å². The summed E-state index contributed by atoms with van der Waals surface area (Å²) in [6.45, 7) is 11.4. The van der Waals surface area contributed by atoms with Crippen LogP contribution in [0.25, 0.3) is 0 Å². The van der Waals surface area contributed by atoms with E-state index in [2.05, 4.69) is 25.7 Å². The molecule has 0 aromatic heterocycles. The maximum absolute atomic E-state index is 12.0. The fourth-order valence-electron chi connectivity index (χ4n) is 3.27. The molecule has 2 rings (SSSR count). The van der Waals surface area contributed by atoms with E-state index in [0.29, 0.717) is 6.04 Å². The van der Waals surface area contributed by atoms with Crippen LogP contribution in [0.4, 0.5) is 0 Å². The Bertz CT molecular complexity index is 370. The first-order valence-corrected chi connectivity index (χ1v) is 6.10. The van der Waals surface area contributed by atoms with Crippen LogP contribution in [0.2, 0.25) is 0 Å². The van der Waals surface area contributed by atoms with Crippen molar-refractivity contribution >= 4 is 5.78 Å². The molecule has 1 N–H and O–H groups in total. The predicted molar refractivity (Wildman–Crippen MR) is 66.3 cm³/mol. The van der Waals surface area contributed by atoms with Crippen LogP contribution in [-0.2, 0) is 4.79 Å². The third-order valence-corrected chi connectivity index (χ3v) is 3.86. The molecule has 1 aliphatic carbocycles. The number of carbonyl (C=O) groups is 1. The fraction of sp³-hybridized carbons (Fsp3) is 0.643. The number of rotatable bonds is 1. The lowest BCUT2D eigenvalue weighted by Gasteiger charge is -2.38. The van der Waals surface area contributed by atoms with Gasteiger partial charge in [-0.2, -0.15) is 0 Å². The molecule has 1 saturated heterocycles. The quantitative estimate of drug-likeness (QED) is 0.687. The largest absolute Gasteiger partial charge is 0.310 e. The van der Waals surface area contributed by atoms with Crippen LogP contribution in [-0.4, -0.2) is 18.4 Å². The van der Waals surface area contributed by atoms with Gasteiger partial charge in [-0.3, -0.25) is 4.79 Å². The molecule has 2 nitrogen and oxygen atoms in total. The van der Waals surface area contributed by atoms with Crippen LogP contribution >= 0.6 is 0 Å². The smallest absolute Gasteiger partial charge is 0.184 e. The number of ketones is 1. The molecule has 0 aromatic carbocycles. The SMILES string of the molecule is C=C1CC(C)(C)C(C2CCCN2)=C(C)C1=O. The van der Waals surface area contributed by atoms with Gasteiger partial charge in [0.1, 0.15) is 0 Å². The maximum atomic E-state index is 12.0. The number of hydrogen-bond acceptors (Lipinski definition) is 2. The molecule has 1 aliphatic heterocycles. The lowest BCUT2D eigenvalue weighted by atomic mass is 9.68. The average molecular weight is 219 g/mol. The van der Waals surface area contributed by atoms with E-state index >= 15 is 0 Å². The Kier molecular flexibility index (Phi) is 2.79. The Morgan fingerprint density at radius 1 is 1.44 bits per heavy atom. The lowest BCUT2D eigenvalue weighted by molar-refractivity contribution is -0.113. The second-order valence-electron chi connectivity index (χ2n) is 5.68. The highest BCUT2D eigenvalue weighted by atomic mass is 16.1. The molecule has 1 atom stereocenters. The zero-order chi connectivity index (χ0) is 11.9. The summed E-state index contributed by atoms with van der Waals surface area (Å²) in [6, 6.07) is 0.409. The number of Topliss-reactive ketones (excluding diaryl/α,β-unsaturated/α-hetero) is 1. The Balaban J connectivity index is 2.44. The van der Waals surface area contributed by atoms with Gasteiger partial charge >= 0.3 is 0 Å². The summed E-state index contributed by atoms with van der Waals surface area (Å²) in [5, 5.41) is 3.51. The van der Waals surface area contributed by atoms with E-state index in [-0.39, 0.29) is 11.2 Å². The van der Waals surface area contributed by atoms with Gasteiger partial charge in [0.05, 0.1) is 0 Å². The first kappa shape index (κ1) is 11.6. The highest BCUT2D eigenvalue weighted by Gasteiger charge is 2.38. The van der Waals surface area contributed by atoms with Crippen molar-refractivity contribution in [2.45, 2.75) is 46.1 Å². The highest BCUT2D eigenvalue weighted by Crippen LogP contribution is 2.43. The van der Waals surface area contributed by atoms with Gasteiger partial charge in [0.25, 0.3) is 0 Å². The summed E-state index contributed by atoms with van der Waals surface area (Å²) in [4.78, 5) is 12.0.